The van der Waals surface area contributed by atoms with E-state index in [1.165, 1.54) is 36.9 Å². The number of carbonyl (C=O) groups excluding carboxylic acids is 4. The van der Waals surface area contributed by atoms with Gasteiger partial charge in [0.15, 0.2) is 11.3 Å². The van der Waals surface area contributed by atoms with Crippen LogP contribution in [0, 0.1) is 5.92 Å². The van der Waals surface area contributed by atoms with E-state index in [0.717, 1.165) is 69.2 Å². The van der Waals surface area contributed by atoms with Gasteiger partial charge in [0.05, 0.1) is 86.9 Å². The molecule has 22 heteroatoms. The highest BCUT2D eigenvalue weighted by molar-refractivity contribution is 7.10. The molecule has 3 aromatic heterocycles. The molecule has 4 N–H and O–H groups in total. The molecule has 1 aliphatic heterocycles. The molecule has 1 saturated carbocycles. The molecule has 2 aliphatic rings. The van der Waals surface area contributed by atoms with E-state index in [2.05, 4.69) is 26.3 Å². The molecule has 7 rings (SSSR count). The Morgan fingerprint density at radius 1 is 0.846 bits per heavy atom. The van der Waals surface area contributed by atoms with E-state index < -0.39 is 17.7 Å². The van der Waals surface area contributed by atoms with E-state index in [1.54, 1.807) is 55.7 Å². The molecular formula is C56H71Cl2N7O12S. The summed E-state index contributed by atoms with van der Waals surface area (Å²) in [5, 5.41) is 15.7. The zero-order chi connectivity index (χ0) is 55.2. The molecule has 0 bridgehead atoms. The van der Waals surface area contributed by atoms with E-state index in [4.69, 9.17) is 61.0 Å². The number of ether oxygens (including phenoxy) is 6. The highest BCUT2D eigenvalue weighted by Gasteiger charge is 2.40. The number of pyridine rings is 1. The zero-order valence-corrected chi connectivity index (χ0v) is 46.9. The lowest BCUT2D eigenvalue weighted by atomic mass is 9.83. The molecule has 1 aliphatic carbocycles. The lowest BCUT2D eigenvalue weighted by Crippen LogP contribution is -2.55. The first kappa shape index (κ1) is 59.8. The lowest BCUT2D eigenvalue weighted by Gasteiger charge is -2.35. The van der Waals surface area contributed by atoms with Crippen molar-refractivity contribution in [1.29, 1.82) is 0 Å². The van der Waals surface area contributed by atoms with Crippen LogP contribution in [0.3, 0.4) is 0 Å². The first-order chi connectivity index (χ1) is 37.9. The zero-order valence-electron chi connectivity index (χ0n) is 44.5. The van der Waals surface area contributed by atoms with Crippen molar-refractivity contribution in [2.45, 2.75) is 102 Å². The molecule has 422 valence electrons. The van der Waals surface area contributed by atoms with Crippen molar-refractivity contribution in [2.24, 2.45) is 5.92 Å². The smallest absolute Gasteiger partial charge is 0.338 e. The van der Waals surface area contributed by atoms with Crippen LogP contribution in [0.15, 0.2) is 69.5 Å². The van der Waals surface area contributed by atoms with Crippen LogP contribution >= 0.6 is 34.5 Å². The van der Waals surface area contributed by atoms with Gasteiger partial charge in [0.25, 0.3) is 0 Å². The predicted octanol–water partition coefficient (Wildman–Crippen LogP) is 8.85. The van der Waals surface area contributed by atoms with E-state index in [9.17, 15) is 24.0 Å². The minimum Gasteiger partial charge on any atom is -0.493 e. The highest BCUT2D eigenvalue weighted by atomic mass is 35.5. The number of likely N-dealkylation sites (N-methyl/N-ethyl adjacent to an activating group) is 1. The number of halogens is 2. The Balaban J connectivity index is 0.709. The fourth-order valence-electron chi connectivity index (χ4n) is 9.42. The molecule has 4 heterocycles. The SMILES string of the molecule is CN[C@@H](C)C(=O)N[C@H](C(=O)N1CCC[C@H]1c1nc(C(=O)c2cccc(OCCOCCOCCOCCNC(=O)CCCCCCOc3c(OC)ccc4c(Nc5c(Cl)cncc5Cl)cc(=O)oc34)c2)cs1)C1CCCCC1. The summed E-state index contributed by atoms with van der Waals surface area (Å²) in [7, 11) is 3.24. The van der Waals surface area contributed by atoms with Crippen molar-refractivity contribution < 1.29 is 52.0 Å². The van der Waals surface area contributed by atoms with Crippen molar-refractivity contribution >= 4 is 80.4 Å². The number of hydrogen-bond acceptors (Lipinski definition) is 17. The van der Waals surface area contributed by atoms with Gasteiger partial charge in [-0.15, -0.1) is 11.3 Å². The number of carbonyl (C=O) groups is 4. The minimum atomic E-state index is -0.601. The maximum absolute atomic E-state index is 14.2. The number of ketones is 1. The number of rotatable bonds is 32. The molecule has 5 aromatic rings. The monoisotopic (exact) mass is 1140 g/mol. The average molecular weight is 1140 g/mol. The first-order valence-electron chi connectivity index (χ1n) is 26.8. The van der Waals surface area contributed by atoms with Gasteiger partial charge >= 0.3 is 5.63 Å². The number of aromatic nitrogens is 2. The number of thiazole rings is 1. The first-order valence-corrected chi connectivity index (χ1v) is 28.4. The van der Waals surface area contributed by atoms with Crippen LogP contribution in [0.4, 0.5) is 11.4 Å². The molecule has 2 aromatic carbocycles. The number of hydrogen-bond donors (Lipinski definition) is 4. The van der Waals surface area contributed by atoms with Gasteiger partial charge in [-0.25, -0.2) is 9.78 Å². The molecule has 0 unspecified atom stereocenters. The molecule has 0 spiro atoms. The van der Waals surface area contributed by atoms with Crippen LogP contribution in [0.25, 0.3) is 11.0 Å². The summed E-state index contributed by atoms with van der Waals surface area (Å²) in [6.45, 7) is 5.55. The Morgan fingerprint density at radius 2 is 1.58 bits per heavy atom. The minimum absolute atomic E-state index is 0.0434. The third-order valence-corrected chi connectivity index (χ3v) is 15.2. The second kappa shape index (κ2) is 31.1. The molecule has 1 saturated heterocycles. The third kappa shape index (κ3) is 17.1. The van der Waals surface area contributed by atoms with Gasteiger partial charge in [-0.05, 0) is 82.7 Å². The van der Waals surface area contributed by atoms with Gasteiger partial charge in [-0.1, -0.05) is 67.4 Å². The van der Waals surface area contributed by atoms with Crippen LogP contribution in [0.2, 0.25) is 10.0 Å². The van der Waals surface area contributed by atoms with Crippen molar-refractivity contribution in [2.75, 3.05) is 85.4 Å². The van der Waals surface area contributed by atoms with Crippen molar-refractivity contribution in [3.05, 3.63) is 97.0 Å². The summed E-state index contributed by atoms with van der Waals surface area (Å²) in [6.07, 6.45) is 13.0. The average Bonchev–Trinajstić information content (AvgIpc) is 4.18. The second-order valence-corrected chi connectivity index (χ2v) is 20.8. The fourth-order valence-corrected chi connectivity index (χ4v) is 10.8. The normalized spacial score (nSPS) is 15.4. The Bertz CT molecular complexity index is 2810. The van der Waals surface area contributed by atoms with Crippen molar-refractivity contribution in [3.63, 3.8) is 0 Å². The third-order valence-electron chi connectivity index (χ3n) is 13.7. The quantitative estimate of drug-likeness (QED) is 0.0179. The van der Waals surface area contributed by atoms with Gasteiger partial charge in [0.2, 0.25) is 29.3 Å². The highest BCUT2D eigenvalue weighted by Crippen LogP contribution is 2.41. The van der Waals surface area contributed by atoms with Crippen LogP contribution in [0.5, 0.6) is 17.2 Å². The van der Waals surface area contributed by atoms with Crippen LogP contribution in [-0.2, 0) is 28.6 Å². The Morgan fingerprint density at radius 3 is 2.32 bits per heavy atom. The van der Waals surface area contributed by atoms with Crippen LogP contribution in [-0.4, -0.2) is 131 Å². The lowest BCUT2D eigenvalue weighted by molar-refractivity contribution is -0.139. The number of nitrogens with one attached hydrogen (secondary N) is 4. The summed E-state index contributed by atoms with van der Waals surface area (Å²) >= 11 is 14.0. The molecular weight excluding hydrogens is 1070 g/mol. The summed E-state index contributed by atoms with van der Waals surface area (Å²) in [5.41, 5.74) is 1.21. The maximum atomic E-state index is 14.2. The largest absolute Gasteiger partial charge is 0.493 e. The molecule has 3 atom stereocenters. The van der Waals surface area contributed by atoms with Gasteiger partial charge in [-0.3, -0.25) is 24.2 Å². The molecule has 3 amide bonds. The fraction of sp³-hybridized carbons (Fsp3) is 0.518. The van der Waals surface area contributed by atoms with Crippen LogP contribution in [0.1, 0.15) is 111 Å². The van der Waals surface area contributed by atoms with E-state index >= 15 is 0 Å². The molecule has 78 heavy (non-hydrogen) atoms. The predicted molar refractivity (Wildman–Crippen MR) is 299 cm³/mol. The number of likely N-dealkylation sites (tertiary alicyclic amines) is 1. The van der Waals surface area contributed by atoms with Crippen LogP contribution < -0.4 is 41.1 Å². The maximum Gasteiger partial charge on any atom is 0.338 e. The molecule has 19 nitrogen and oxygen atoms in total. The van der Waals surface area contributed by atoms with E-state index in [1.807, 2.05) is 4.90 Å². The van der Waals surface area contributed by atoms with Gasteiger partial charge in [0.1, 0.15) is 29.1 Å². The number of nitrogens with zero attached hydrogens (tertiary/aromatic N) is 3. The Labute approximate surface area is 468 Å². The summed E-state index contributed by atoms with van der Waals surface area (Å²) < 4.78 is 39.9. The summed E-state index contributed by atoms with van der Waals surface area (Å²) in [6, 6.07) is 10.5. The number of anilines is 2. The number of methoxy groups -OCH3 is 1. The molecule has 0 radical (unpaired) electrons. The Hall–Kier alpha value is -5.87. The number of unbranched alkanes of at least 4 members (excludes halogenated alkanes) is 3. The summed E-state index contributed by atoms with van der Waals surface area (Å²) in [5.74, 6) is 0.807. The molecule has 2 fully saturated rings. The van der Waals surface area contributed by atoms with Gasteiger partial charge in [0, 0.05) is 54.3 Å². The second-order valence-electron chi connectivity index (χ2n) is 19.1. The number of amides is 3. The Kier molecular flexibility index (Phi) is 23.8. The van der Waals surface area contributed by atoms with Crippen molar-refractivity contribution in [1.82, 2.24) is 30.8 Å². The van der Waals surface area contributed by atoms with Gasteiger partial charge < -0.3 is 59.0 Å². The standard InChI is InChI=1S/C56H71Cl2N7O12S/c1-36(59-2)54(69)64-49(37-13-7-6-8-14-37)56(70)65-22-12-17-45(65)55-63-44(35-78-55)51(68)38-15-11-16-39(31-38)75-30-29-74-28-27-73-26-25-72-24-21-61-47(66)18-9-4-5-10-23-76-53-46(71-3)20-19-40-43(32-48(67)77-52(40)53)62-50-41(57)33-60-34-42(50)58/h11,15-16,19-20,31-37,45,49,59H,4-10,12-14,17-18,21-30H2,1-3H3,(H,60,62)(H,61,66)(H,64,69)/t36-,45-,49-/m0/s1. The van der Waals surface area contributed by atoms with Crippen molar-refractivity contribution in [3.8, 4) is 17.2 Å². The topological polar surface area (TPSA) is 231 Å². The number of benzene rings is 2. The summed E-state index contributed by atoms with van der Waals surface area (Å²) in [4.78, 5) is 76.4. The van der Waals surface area contributed by atoms with Gasteiger partial charge in [-0.2, -0.15) is 0 Å². The van der Waals surface area contributed by atoms with E-state index in [-0.39, 0.29) is 57.7 Å². The van der Waals surface area contributed by atoms with E-state index in [0.29, 0.717) is 117 Å². The number of fused-ring (bicyclic) bond motifs is 1.